The summed E-state index contributed by atoms with van der Waals surface area (Å²) < 4.78 is 0. The second kappa shape index (κ2) is 5.12. The highest BCUT2D eigenvalue weighted by molar-refractivity contribution is 5.99. The van der Waals surface area contributed by atoms with Crippen LogP contribution in [-0.4, -0.2) is 28.8 Å². The van der Waals surface area contributed by atoms with Gasteiger partial charge in [-0.1, -0.05) is 42.5 Å². The minimum Gasteiger partial charge on any atom is -0.340 e. The normalized spacial score (nSPS) is 21.6. The van der Waals surface area contributed by atoms with Gasteiger partial charge in [0.05, 0.1) is 0 Å². The molecule has 1 N–H and O–H groups in total. The van der Waals surface area contributed by atoms with Crippen LogP contribution in [0.2, 0.25) is 0 Å². The first-order valence-electron chi connectivity index (χ1n) is 6.65. The van der Waals surface area contributed by atoms with Crippen molar-refractivity contribution in [2.45, 2.75) is 32.4 Å². The fraction of sp³-hybridized carbons (Fsp3) is 0.375. The lowest BCUT2D eigenvalue weighted by Gasteiger charge is -2.43. The molecule has 106 valence electrons. The molecule has 0 bridgehead atoms. The van der Waals surface area contributed by atoms with E-state index >= 15 is 0 Å². The molecule has 0 radical (unpaired) electrons. The van der Waals surface area contributed by atoms with Crippen LogP contribution < -0.4 is 5.32 Å². The fourth-order valence-corrected chi connectivity index (χ4v) is 2.47. The summed E-state index contributed by atoms with van der Waals surface area (Å²) in [5, 5.41) is 2.80. The molecule has 0 saturated carbocycles. The molecule has 20 heavy (non-hydrogen) atoms. The minimum atomic E-state index is -0.877. The number of nitrogens with one attached hydrogen (secondary N) is 1. The van der Waals surface area contributed by atoms with E-state index in [0.717, 1.165) is 11.1 Å². The molecule has 2 rings (SSSR count). The van der Waals surface area contributed by atoms with Gasteiger partial charge in [-0.2, -0.15) is 0 Å². The Morgan fingerprint density at radius 3 is 2.45 bits per heavy atom. The zero-order valence-corrected chi connectivity index (χ0v) is 12.1. The van der Waals surface area contributed by atoms with E-state index in [1.54, 1.807) is 18.7 Å². The molecule has 2 amide bonds. The molecule has 1 aliphatic heterocycles. The van der Waals surface area contributed by atoms with Crippen molar-refractivity contribution in [3.63, 3.8) is 0 Å². The molecule has 4 nitrogen and oxygen atoms in total. The van der Waals surface area contributed by atoms with Gasteiger partial charge in [0, 0.05) is 6.54 Å². The maximum absolute atomic E-state index is 12.6. The third-order valence-electron chi connectivity index (χ3n) is 3.35. The molecule has 4 heteroatoms. The Hall–Kier alpha value is -2.10. The smallest absolute Gasteiger partial charge is 0.248 e. The van der Waals surface area contributed by atoms with E-state index in [4.69, 9.17) is 0 Å². The largest absolute Gasteiger partial charge is 0.340 e. The molecule has 1 atom stereocenters. The standard InChI is InChI=1S/C16H20N2O2/c1-11(2)10-18-13(12-8-6-5-7-9-12)14(19)17-16(3,4)15(18)20/h5-9,13H,1,10H2,2-4H3,(H,17,19). The molecule has 0 aromatic heterocycles. The van der Waals surface area contributed by atoms with Crippen LogP contribution in [0.15, 0.2) is 42.5 Å². The summed E-state index contributed by atoms with van der Waals surface area (Å²) in [6, 6.07) is 8.76. The zero-order valence-electron chi connectivity index (χ0n) is 12.1. The number of benzene rings is 1. The van der Waals surface area contributed by atoms with Crippen LogP contribution in [0.3, 0.4) is 0 Å². The number of rotatable bonds is 3. The van der Waals surface area contributed by atoms with Crippen molar-refractivity contribution >= 4 is 11.8 Å². The van der Waals surface area contributed by atoms with E-state index in [1.807, 2.05) is 37.3 Å². The van der Waals surface area contributed by atoms with Gasteiger partial charge in [0.2, 0.25) is 11.8 Å². The topological polar surface area (TPSA) is 49.4 Å². The summed E-state index contributed by atoms with van der Waals surface area (Å²) in [6.07, 6.45) is 0. The first kappa shape index (κ1) is 14.3. The van der Waals surface area contributed by atoms with Gasteiger partial charge in [-0.25, -0.2) is 0 Å². The maximum Gasteiger partial charge on any atom is 0.248 e. The van der Waals surface area contributed by atoms with Gasteiger partial charge in [0.15, 0.2) is 0 Å². The zero-order chi connectivity index (χ0) is 14.9. The first-order valence-corrected chi connectivity index (χ1v) is 6.65. The van der Waals surface area contributed by atoms with Gasteiger partial charge in [-0.3, -0.25) is 9.59 Å². The van der Waals surface area contributed by atoms with Gasteiger partial charge in [0.1, 0.15) is 11.6 Å². The van der Waals surface area contributed by atoms with Crippen LogP contribution in [0, 0.1) is 0 Å². The van der Waals surface area contributed by atoms with Crippen molar-refractivity contribution in [2.75, 3.05) is 6.54 Å². The summed E-state index contributed by atoms with van der Waals surface area (Å²) in [7, 11) is 0. The molecule has 0 spiro atoms. The molecular weight excluding hydrogens is 252 g/mol. The van der Waals surface area contributed by atoms with E-state index in [-0.39, 0.29) is 11.8 Å². The third kappa shape index (κ3) is 2.59. The number of piperazine rings is 1. The summed E-state index contributed by atoms with van der Waals surface area (Å²) in [5.74, 6) is -0.240. The van der Waals surface area contributed by atoms with Gasteiger partial charge in [0.25, 0.3) is 0 Å². The number of carbonyl (C=O) groups is 2. The third-order valence-corrected chi connectivity index (χ3v) is 3.35. The predicted molar refractivity (Wildman–Crippen MR) is 77.9 cm³/mol. The average molecular weight is 272 g/mol. The van der Waals surface area contributed by atoms with Gasteiger partial charge in [-0.15, -0.1) is 0 Å². The van der Waals surface area contributed by atoms with Crippen LogP contribution in [0.5, 0.6) is 0 Å². The molecule has 1 aromatic carbocycles. The SMILES string of the molecule is C=C(C)CN1C(=O)C(C)(C)NC(=O)C1c1ccccc1. The Balaban J connectivity index is 2.44. The Morgan fingerprint density at radius 1 is 1.30 bits per heavy atom. The van der Waals surface area contributed by atoms with Crippen molar-refractivity contribution in [1.82, 2.24) is 10.2 Å². The van der Waals surface area contributed by atoms with Crippen LogP contribution >= 0.6 is 0 Å². The second-order valence-electron chi connectivity index (χ2n) is 5.82. The Labute approximate surface area is 119 Å². The van der Waals surface area contributed by atoms with E-state index in [2.05, 4.69) is 11.9 Å². The summed E-state index contributed by atoms with van der Waals surface area (Å²) in [6.45, 7) is 9.54. The highest BCUT2D eigenvalue weighted by Crippen LogP contribution is 2.29. The number of hydrogen-bond donors (Lipinski definition) is 1. The van der Waals surface area contributed by atoms with Crippen molar-refractivity contribution in [2.24, 2.45) is 0 Å². The Morgan fingerprint density at radius 2 is 1.90 bits per heavy atom. The van der Waals surface area contributed by atoms with E-state index in [1.165, 1.54) is 0 Å². The molecule has 1 heterocycles. The molecule has 1 aromatic rings. The number of nitrogens with zero attached hydrogens (tertiary/aromatic N) is 1. The van der Waals surface area contributed by atoms with Gasteiger partial charge >= 0.3 is 0 Å². The molecule has 1 unspecified atom stereocenters. The van der Waals surface area contributed by atoms with Crippen molar-refractivity contribution in [1.29, 1.82) is 0 Å². The van der Waals surface area contributed by atoms with Crippen LogP contribution in [0.25, 0.3) is 0 Å². The fourth-order valence-electron chi connectivity index (χ4n) is 2.47. The quantitative estimate of drug-likeness (QED) is 0.856. The lowest BCUT2D eigenvalue weighted by molar-refractivity contribution is -0.153. The van der Waals surface area contributed by atoms with Crippen molar-refractivity contribution < 1.29 is 9.59 Å². The van der Waals surface area contributed by atoms with Crippen LogP contribution in [0.1, 0.15) is 32.4 Å². The molecular formula is C16H20N2O2. The van der Waals surface area contributed by atoms with Gasteiger partial charge < -0.3 is 10.2 Å². The second-order valence-corrected chi connectivity index (χ2v) is 5.82. The molecule has 1 aliphatic rings. The van der Waals surface area contributed by atoms with Gasteiger partial charge in [-0.05, 0) is 26.3 Å². The Bertz CT molecular complexity index is 549. The highest BCUT2D eigenvalue weighted by Gasteiger charge is 2.45. The lowest BCUT2D eigenvalue weighted by Crippen LogP contribution is -2.64. The number of hydrogen-bond acceptors (Lipinski definition) is 2. The number of carbonyl (C=O) groups excluding carboxylic acids is 2. The van der Waals surface area contributed by atoms with E-state index in [9.17, 15) is 9.59 Å². The number of amides is 2. The average Bonchev–Trinajstić information content (AvgIpc) is 2.36. The lowest BCUT2D eigenvalue weighted by atomic mass is 9.93. The molecule has 0 aliphatic carbocycles. The maximum atomic E-state index is 12.6. The summed E-state index contributed by atoms with van der Waals surface area (Å²) in [4.78, 5) is 26.6. The van der Waals surface area contributed by atoms with E-state index < -0.39 is 11.6 Å². The van der Waals surface area contributed by atoms with Crippen molar-refractivity contribution in [3.05, 3.63) is 48.0 Å². The highest BCUT2D eigenvalue weighted by atomic mass is 16.2. The predicted octanol–water partition coefficient (Wildman–Crippen LogP) is 2.04. The minimum absolute atomic E-state index is 0.0889. The first-order chi connectivity index (χ1) is 9.33. The van der Waals surface area contributed by atoms with Crippen LogP contribution in [-0.2, 0) is 9.59 Å². The monoisotopic (exact) mass is 272 g/mol. The molecule has 1 saturated heterocycles. The Kier molecular flexibility index (Phi) is 3.66. The summed E-state index contributed by atoms with van der Waals surface area (Å²) in [5.41, 5.74) is 0.789. The molecule has 1 fully saturated rings. The van der Waals surface area contributed by atoms with Crippen molar-refractivity contribution in [3.8, 4) is 0 Å². The van der Waals surface area contributed by atoms with E-state index in [0.29, 0.717) is 6.54 Å². The summed E-state index contributed by atoms with van der Waals surface area (Å²) >= 11 is 0. The van der Waals surface area contributed by atoms with Crippen LogP contribution in [0.4, 0.5) is 0 Å².